The van der Waals surface area contributed by atoms with Crippen molar-refractivity contribution < 1.29 is 18.0 Å². The van der Waals surface area contributed by atoms with Gasteiger partial charge in [-0.25, -0.2) is 13.6 Å². The molecule has 0 aliphatic carbocycles. The molecule has 0 bridgehead atoms. The molecule has 0 unspecified atom stereocenters. The zero-order chi connectivity index (χ0) is 20.1. The number of carbonyl (C=O) groups excluding carboxylic acids is 2. The quantitative estimate of drug-likeness (QED) is 0.726. The van der Waals surface area contributed by atoms with Crippen LogP contribution in [0.15, 0.2) is 54.6 Å². The molecule has 28 heavy (non-hydrogen) atoms. The van der Waals surface area contributed by atoms with Gasteiger partial charge in [0.25, 0.3) is 0 Å². The minimum atomic E-state index is -3.58. The van der Waals surface area contributed by atoms with E-state index in [0.29, 0.717) is 17.7 Å². The maximum atomic E-state index is 12.1. The summed E-state index contributed by atoms with van der Waals surface area (Å²) in [6.07, 6.45) is 4.56. The topological polar surface area (TPSA) is 110 Å². The van der Waals surface area contributed by atoms with Crippen LogP contribution < -0.4 is 15.4 Å². The lowest BCUT2D eigenvalue weighted by atomic mass is 10.2. The molecule has 8 heteroatoms. The van der Waals surface area contributed by atoms with Gasteiger partial charge in [0.15, 0.2) is 0 Å². The van der Waals surface area contributed by atoms with E-state index in [-0.39, 0.29) is 17.6 Å². The van der Waals surface area contributed by atoms with E-state index < -0.39 is 10.0 Å². The molecule has 2 amide bonds. The highest BCUT2D eigenvalue weighted by atomic mass is 32.2. The zero-order valence-electron chi connectivity index (χ0n) is 15.2. The fourth-order valence-corrected chi connectivity index (χ4v) is 3.62. The summed E-state index contributed by atoms with van der Waals surface area (Å²) in [5.74, 6) is -0.420. The van der Waals surface area contributed by atoms with Crippen molar-refractivity contribution in [2.75, 3.05) is 16.8 Å². The summed E-state index contributed by atoms with van der Waals surface area (Å²) in [5, 5.41) is 7.71. The predicted molar refractivity (Wildman–Crippen MR) is 109 cm³/mol. The monoisotopic (exact) mass is 399 g/mol. The minimum Gasteiger partial charge on any atom is -0.323 e. The van der Waals surface area contributed by atoms with E-state index in [1.54, 1.807) is 35.2 Å². The fourth-order valence-electron chi connectivity index (χ4n) is 2.96. The summed E-state index contributed by atoms with van der Waals surface area (Å²) < 4.78 is 22.1. The zero-order valence-corrected chi connectivity index (χ0v) is 16.0. The first-order chi connectivity index (χ1) is 13.3. The van der Waals surface area contributed by atoms with Crippen molar-refractivity contribution in [3.05, 3.63) is 65.7 Å². The van der Waals surface area contributed by atoms with Crippen molar-refractivity contribution in [2.24, 2.45) is 5.14 Å². The van der Waals surface area contributed by atoms with Gasteiger partial charge in [-0.1, -0.05) is 24.3 Å². The Kier molecular flexibility index (Phi) is 5.91. The van der Waals surface area contributed by atoms with Gasteiger partial charge in [0.05, 0.1) is 5.75 Å². The molecule has 1 saturated heterocycles. The van der Waals surface area contributed by atoms with E-state index in [4.69, 9.17) is 5.14 Å². The summed E-state index contributed by atoms with van der Waals surface area (Å²) in [7, 11) is -3.58. The van der Waals surface area contributed by atoms with E-state index >= 15 is 0 Å². The Balaban J connectivity index is 1.57. The number of nitrogens with one attached hydrogen (secondary N) is 1. The summed E-state index contributed by atoms with van der Waals surface area (Å²) in [6.45, 7) is 0.742. The summed E-state index contributed by atoms with van der Waals surface area (Å²) in [4.78, 5) is 25.6. The minimum absolute atomic E-state index is 0.137. The molecule has 0 radical (unpaired) electrons. The molecular formula is C20H21N3O4S. The Morgan fingerprint density at radius 1 is 1.11 bits per heavy atom. The third-order valence-electron chi connectivity index (χ3n) is 4.29. The van der Waals surface area contributed by atoms with E-state index in [2.05, 4.69) is 5.32 Å². The van der Waals surface area contributed by atoms with E-state index in [1.165, 1.54) is 6.08 Å². The van der Waals surface area contributed by atoms with E-state index in [1.807, 2.05) is 24.3 Å². The normalized spacial score (nSPS) is 14.6. The number of hydrogen-bond donors (Lipinski definition) is 2. The Morgan fingerprint density at radius 2 is 1.79 bits per heavy atom. The Hall–Kier alpha value is -2.97. The molecule has 1 heterocycles. The molecular weight excluding hydrogens is 378 g/mol. The Labute approximate surface area is 163 Å². The van der Waals surface area contributed by atoms with Crippen LogP contribution in [0.2, 0.25) is 0 Å². The summed E-state index contributed by atoms with van der Waals surface area (Å²) in [6, 6.07) is 13.9. The van der Waals surface area contributed by atoms with Gasteiger partial charge in [0, 0.05) is 30.4 Å². The molecule has 0 saturated carbocycles. The lowest BCUT2D eigenvalue weighted by Crippen LogP contribution is -2.23. The average Bonchev–Trinajstić information content (AvgIpc) is 3.07. The van der Waals surface area contributed by atoms with Crippen molar-refractivity contribution in [1.29, 1.82) is 0 Å². The molecule has 146 valence electrons. The number of nitrogens with two attached hydrogens (primary N) is 1. The highest BCUT2D eigenvalue weighted by Gasteiger charge is 2.21. The fraction of sp³-hybridized carbons (Fsp3) is 0.200. The van der Waals surface area contributed by atoms with Gasteiger partial charge in [0.2, 0.25) is 21.8 Å². The Morgan fingerprint density at radius 3 is 2.36 bits per heavy atom. The molecule has 0 spiro atoms. The number of primary sulfonamides is 1. The number of amides is 2. The molecule has 3 rings (SSSR count). The molecule has 0 aromatic heterocycles. The van der Waals surface area contributed by atoms with Crippen LogP contribution in [0.3, 0.4) is 0 Å². The Bertz CT molecular complexity index is 997. The maximum absolute atomic E-state index is 12.1. The van der Waals surface area contributed by atoms with Crippen LogP contribution in [-0.4, -0.2) is 26.8 Å². The third kappa shape index (κ3) is 5.51. The van der Waals surface area contributed by atoms with Crippen molar-refractivity contribution in [1.82, 2.24) is 0 Å². The molecule has 2 aromatic carbocycles. The largest absolute Gasteiger partial charge is 0.323 e. The van der Waals surface area contributed by atoms with E-state index in [9.17, 15) is 18.0 Å². The number of anilines is 2. The van der Waals surface area contributed by atoms with Crippen LogP contribution in [0, 0.1) is 0 Å². The SMILES string of the molecule is NS(=O)(=O)Cc1ccc(NC(=O)/C=C/c2ccc(N3CCCC3=O)cc2)cc1. The van der Waals surface area contributed by atoms with Gasteiger partial charge in [-0.05, 0) is 47.9 Å². The van der Waals surface area contributed by atoms with Crippen molar-refractivity contribution in [3.8, 4) is 0 Å². The lowest BCUT2D eigenvalue weighted by Gasteiger charge is -2.15. The van der Waals surface area contributed by atoms with Gasteiger partial charge < -0.3 is 10.2 Å². The van der Waals surface area contributed by atoms with Crippen LogP contribution in [0.4, 0.5) is 11.4 Å². The van der Waals surface area contributed by atoms with Crippen molar-refractivity contribution >= 4 is 39.3 Å². The molecule has 1 aliphatic heterocycles. The number of nitrogens with zero attached hydrogens (tertiary/aromatic N) is 1. The third-order valence-corrected chi connectivity index (χ3v) is 5.03. The first-order valence-electron chi connectivity index (χ1n) is 8.79. The highest BCUT2D eigenvalue weighted by Crippen LogP contribution is 2.22. The van der Waals surface area contributed by atoms with Crippen molar-refractivity contribution in [2.45, 2.75) is 18.6 Å². The standard InChI is InChI=1S/C20H21N3O4S/c21-28(26,27)14-16-3-8-17(9-4-16)22-19(24)12-7-15-5-10-18(11-6-15)23-13-1-2-20(23)25/h3-12H,1-2,13-14H2,(H,22,24)(H2,21,26,27)/b12-7+. The highest BCUT2D eigenvalue weighted by molar-refractivity contribution is 7.88. The molecule has 1 fully saturated rings. The lowest BCUT2D eigenvalue weighted by molar-refractivity contribution is -0.117. The first-order valence-corrected chi connectivity index (χ1v) is 10.5. The molecule has 7 nitrogen and oxygen atoms in total. The number of sulfonamides is 1. The van der Waals surface area contributed by atoms with Crippen LogP contribution in [-0.2, 0) is 25.4 Å². The smallest absolute Gasteiger partial charge is 0.248 e. The molecule has 0 atom stereocenters. The molecule has 3 N–H and O–H groups in total. The molecule has 2 aromatic rings. The second-order valence-corrected chi connectivity index (χ2v) is 8.18. The van der Waals surface area contributed by atoms with E-state index in [0.717, 1.165) is 24.2 Å². The average molecular weight is 399 g/mol. The number of rotatable bonds is 6. The first kappa shape index (κ1) is 19.8. The predicted octanol–water partition coefficient (Wildman–Crippen LogP) is 2.25. The summed E-state index contributed by atoms with van der Waals surface area (Å²) in [5.41, 5.74) is 2.81. The van der Waals surface area contributed by atoms with Crippen LogP contribution in [0.5, 0.6) is 0 Å². The van der Waals surface area contributed by atoms with Gasteiger partial charge >= 0.3 is 0 Å². The number of hydrogen-bond acceptors (Lipinski definition) is 4. The number of benzene rings is 2. The second kappa shape index (κ2) is 8.37. The molecule has 1 aliphatic rings. The van der Waals surface area contributed by atoms with Crippen LogP contribution in [0.1, 0.15) is 24.0 Å². The van der Waals surface area contributed by atoms with Gasteiger partial charge in [-0.3, -0.25) is 9.59 Å². The summed E-state index contributed by atoms with van der Waals surface area (Å²) >= 11 is 0. The second-order valence-electron chi connectivity index (χ2n) is 6.57. The van der Waals surface area contributed by atoms with Gasteiger partial charge in [0.1, 0.15) is 0 Å². The van der Waals surface area contributed by atoms with Crippen molar-refractivity contribution in [3.63, 3.8) is 0 Å². The number of carbonyl (C=O) groups is 2. The van der Waals surface area contributed by atoms with Crippen LogP contribution >= 0.6 is 0 Å². The van der Waals surface area contributed by atoms with Gasteiger partial charge in [-0.2, -0.15) is 0 Å². The van der Waals surface area contributed by atoms with Crippen LogP contribution in [0.25, 0.3) is 6.08 Å². The maximum Gasteiger partial charge on any atom is 0.248 e. The van der Waals surface area contributed by atoms with Gasteiger partial charge in [-0.15, -0.1) is 0 Å².